The van der Waals surface area contributed by atoms with Crippen LogP contribution in [0.5, 0.6) is 0 Å². The van der Waals surface area contributed by atoms with Crippen LogP contribution in [0.3, 0.4) is 0 Å². The predicted molar refractivity (Wildman–Crippen MR) is 195 cm³/mol. The first-order valence-electron chi connectivity index (χ1n) is 16.1. The third-order valence-electron chi connectivity index (χ3n) is 8.37. The Labute approximate surface area is 295 Å². The molecule has 0 aliphatic carbocycles. The number of halogens is 2. The fourth-order valence-electron chi connectivity index (χ4n) is 5.81. The standard InChI is InChI=1S/C41H38F2N2O4S/c1-27-9-7-8-12-35(27)37-23-28(13-18-36(37)40(47)44-38(19-20-50-3)41(48)49-2)25-45(26-29-21-32(42)24-33(43)22-29)34-16-14-31(15-17-34)39(46)30-10-5-4-6-11-30/h4-18,21-24,38H,19-20,25-26H2,1-3H3,(H,44,47). The Hall–Kier alpha value is -5.28. The number of anilines is 1. The van der Waals surface area contributed by atoms with Gasteiger partial charge in [0, 0.05) is 41.5 Å². The summed E-state index contributed by atoms with van der Waals surface area (Å²) in [7, 11) is 1.30. The molecule has 256 valence electrons. The number of hydrogen-bond acceptors (Lipinski definition) is 6. The molecule has 0 radical (unpaired) electrons. The number of ether oxygens (including phenoxy) is 1. The van der Waals surface area contributed by atoms with E-state index in [1.54, 1.807) is 42.1 Å². The van der Waals surface area contributed by atoms with Gasteiger partial charge in [-0.25, -0.2) is 13.6 Å². The number of nitrogens with zero attached hydrogens (tertiary/aromatic N) is 1. The minimum absolute atomic E-state index is 0.115. The molecule has 1 amide bonds. The van der Waals surface area contributed by atoms with Crippen molar-refractivity contribution in [2.45, 2.75) is 32.5 Å². The molecule has 1 N–H and O–H groups in total. The van der Waals surface area contributed by atoms with Gasteiger partial charge in [0.2, 0.25) is 0 Å². The lowest BCUT2D eigenvalue weighted by Crippen LogP contribution is -2.42. The highest BCUT2D eigenvalue weighted by molar-refractivity contribution is 7.98. The van der Waals surface area contributed by atoms with Gasteiger partial charge < -0.3 is 15.0 Å². The molecule has 0 saturated carbocycles. The van der Waals surface area contributed by atoms with Crippen molar-refractivity contribution in [3.8, 4) is 11.1 Å². The van der Waals surface area contributed by atoms with Gasteiger partial charge in [0.15, 0.2) is 5.78 Å². The predicted octanol–water partition coefficient (Wildman–Crippen LogP) is 8.40. The van der Waals surface area contributed by atoms with Crippen LogP contribution < -0.4 is 10.2 Å². The van der Waals surface area contributed by atoms with E-state index in [1.165, 1.54) is 19.2 Å². The van der Waals surface area contributed by atoms with Gasteiger partial charge in [-0.15, -0.1) is 0 Å². The third kappa shape index (κ3) is 9.03. The van der Waals surface area contributed by atoms with E-state index in [-0.39, 0.29) is 12.3 Å². The van der Waals surface area contributed by atoms with Crippen molar-refractivity contribution in [1.29, 1.82) is 0 Å². The maximum atomic E-state index is 14.3. The highest BCUT2D eigenvalue weighted by Gasteiger charge is 2.24. The van der Waals surface area contributed by atoms with E-state index < -0.39 is 29.6 Å². The summed E-state index contributed by atoms with van der Waals surface area (Å²) in [6, 6.07) is 31.9. The molecule has 1 unspecified atom stereocenters. The molecule has 5 aromatic rings. The first-order valence-corrected chi connectivity index (χ1v) is 17.5. The van der Waals surface area contributed by atoms with Gasteiger partial charge in [0.05, 0.1) is 7.11 Å². The molecule has 0 aliphatic heterocycles. The number of benzene rings is 5. The number of carbonyl (C=O) groups is 3. The first-order chi connectivity index (χ1) is 24.2. The molecule has 0 heterocycles. The van der Waals surface area contributed by atoms with Crippen LogP contribution >= 0.6 is 11.8 Å². The summed E-state index contributed by atoms with van der Waals surface area (Å²) in [5, 5.41) is 2.87. The van der Waals surface area contributed by atoms with Crippen molar-refractivity contribution in [2.75, 3.05) is 24.0 Å². The summed E-state index contributed by atoms with van der Waals surface area (Å²) in [5.74, 6) is -1.72. The highest BCUT2D eigenvalue weighted by atomic mass is 32.2. The average Bonchev–Trinajstić information content (AvgIpc) is 3.12. The largest absolute Gasteiger partial charge is 0.467 e. The van der Waals surface area contributed by atoms with Gasteiger partial charge in [-0.3, -0.25) is 9.59 Å². The van der Waals surface area contributed by atoms with Crippen molar-refractivity contribution in [3.63, 3.8) is 0 Å². The van der Waals surface area contributed by atoms with Gasteiger partial charge in [-0.2, -0.15) is 11.8 Å². The molecule has 0 fully saturated rings. The molecular weight excluding hydrogens is 655 g/mol. The van der Waals surface area contributed by atoms with Gasteiger partial charge in [0.1, 0.15) is 17.7 Å². The van der Waals surface area contributed by atoms with E-state index >= 15 is 0 Å². The topological polar surface area (TPSA) is 75.7 Å². The number of thioether (sulfide) groups is 1. The van der Waals surface area contributed by atoms with Crippen LogP contribution in [0.2, 0.25) is 0 Å². The molecule has 5 aromatic carbocycles. The van der Waals surface area contributed by atoms with Crippen molar-refractivity contribution in [1.82, 2.24) is 5.32 Å². The van der Waals surface area contributed by atoms with Gasteiger partial charge in [0.25, 0.3) is 5.91 Å². The average molecular weight is 693 g/mol. The molecule has 50 heavy (non-hydrogen) atoms. The molecule has 0 spiro atoms. The maximum Gasteiger partial charge on any atom is 0.328 e. The zero-order valence-corrected chi connectivity index (χ0v) is 28.9. The lowest BCUT2D eigenvalue weighted by atomic mass is 9.93. The summed E-state index contributed by atoms with van der Waals surface area (Å²) in [4.78, 5) is 41.3. The second kappa shape index (κ2) is 16.9. The van der Waals surface area contributed by atoms with Crippen LogP contribution in [0.4, 0.5) is 14.5 Å². The molecule has 6 nitrogen and oxygen atoms in total. The lowest BCUT2D eigenvalue weighted by molar-refractivity contribution is -0.142. The molecule has 0 aliphatic rings. The number of esters is 1. The third-order valence-corrected chi connectivity index (χ3v) is 9.01. The Morgan fingerprint density at radius 1 is 0.760 bits per heavy atom. The second-order valence-corrected chi connectivity index (χ2v) is 12.9. The zero-order valence-electron chi connectivity index (χ0n) is 28.1. The number of rotatable bonds is 14. The number of carbonyl (C=O) groups excluding carboxylic acids is 3. The lowest BCUT2D eigenvalue weighted by Gasteiger charge is -2.26. The van der Waals surface area contributed by atoms with E-state index in [0.717, 1.165) is 28.4 Å². The Bertz CT molecular complexity index is 1950. The van der Waals surface area contributed by atoms with Crippen molar-refractivity contribution < 1.29 is 27.9 Å². The Morgan fingerprint density at radius 3 is 2.06 bits per heavy atom. The SMILES string of the molecule is COC(=O)C(CCSC)NC(=O)c1ccc(CN(Cc2cc(F)cc(F)c2)c2ccc(C(=O)c3ccccc3)cc2)cc1-c1ccccc1C. The molecule has 0 saturated heterocycles. The monoisotopic (exact) mass is 692 g/mol. The van der Waals surface area contributed by atoms with Crippen LogP contribution in [0, 0.1) is 18.6 Å². The summed E-state index contributed by atoms with van der Waals surface area (Å²) >= 11 is 1.57. The van der Waals surface area contributed by atoms with Crippen LogP contribution in [-0.2, 0) is 22.6 Å². The summed E-state index contributed by atoms with van der Waals surface area (Å²) < 4.78 is 33.5. The van der Waals surface area contributed by atoms with Crippen molar-refractivity contribution in [2.24, 2.45) is 0 Å². The minimum atomic E-state index is -0.803. The fraction of sp³-hybridized carbons (Fsp3) is 0.195. The van der Waals surface area contributed by atoms with Crippen LogP contribution in [0.25, 0.3) is 11.1 Å². The van der Waals surface area contributed by atoms with Crippen LogP contribution in [0.15, 0.2) is 115 Å². The Morgan fingerprint density at radius 2 is 1.40 bits per heavy atom. The number of ketones is 1. The van der Waals surface area contributed by atoms with Gasteiger partial charge in [-0.1, -0.05) is 60.7 Å². The molecule has 0 bridgehead atoms. The second-order valence-electron chi connectivity index (χ2n) is 11.9. The van der Waals surface area contributed by atoms with E-state index in [1.807, 2.05) is 84.8 Å². The quantitative estimate of drug-likeness (QED) is 0.0931. The molecule has 5 rings (SSSR count). The van der Waals surface area contributed by atoms with Crippen LogP contribution in [0.1, 0.15) is 49.4 Å². The Kier molecular flexibility index (Phi) is 12.2. The van der Waals surface area contributed by atoms with E-state index in [9.17, 15) is 23.2 Å². The zero-order chi connectivity index (χ0) is 35.6. The summed E-state index contributed by atoms with van der Waals surface area (Å²) in [6.45, 7) is 2.44. The normalized spacial score (nSPS) is 11.5. The molecular formula is C41H38F2N2O4S. The highest BCUT2D eigenvalue weighted by Crippen LogP contribution is 2.30. The van der Waals surface area contributed by atoms with E-state index in [2.05, 4.69) is 5.32 Å². The van der Waals surface area contributed by atoms with E-state index in [0.29, 0.717) is 46.5 Å². The number of methoxy groups -OCH3 is 1. The van der Waals surface area contributed by atoms with E-state index in [4.69, 9.17) is 4.74 Å². The number of amides is 1. The number of aryl methyl sites for hydroxylation is 1. The Balaban J connectivity index is 1.52. The fourth-order valence-corrected chi connectivity index (χ4v) is 6.28. The van der Waals surface area contributed by atoms with Crippen molar-refractivity contribution >= 4 is 35.1 Å². The number of nitrogens with one attached hydrogen (secondary N) is 1. The molecule has 9 heteroatoms. The van der Waals surface area contributed by atoms with Gasteiger partial charge >= 0.3 is 5.97 Å². The van der Waals surface area contributed by atoms with Gasteiger partial charge in [-0.05, 0) is 102 Å². The molecule has 0 aromatic heterocycles. The minimum Gasteiger partial charge on any atom is -0.467 e. The summed E-state index contributed by atoms with van der Waals surface area (Å²) in [6.07, 6.45) is 2.35. The van der Waals surface area contributed by atoms with Crippen LogP contribution in [-0.4, -0.2) is 42.8 Å². The molecule has 1 atom stereocenters. The maximum absolute atomic E-state index is 14.3. The number of hydrogen-bond donors (Lipinski definition) is 1. The summed E-state index contributed by atoms with van der Waals surface area (Å²) in [5.41, 5.74) is 5.94. The smallest absolute Gasteiger partial charge is 0.328 e. The van der Waals surface area contributed by atoms with Crippen molar-refractivity contribution in [3.05, 3.63) is 160 Å². The first kappa shape index (κ1) is 36.0.